The zero-order valence-electron chi connectivity index (χ0n) is 6.69. The summed E-state index contributed by atoms with van der Waals surface area (Å²) in [6.07, 6.45) is 3.32. The summed E-state index contributed by atoms with van der Waals surface area (Å²) in [7, 11) is 0. The van der Waals surface area contributed by atoms with Crippen molar-refractivity contribution in [3.63, 3.8) is 0 Å². The Balaban J connectivity index is 2.68. The second-order valence-electron chi connectivity index (χ2n) is 2.63. The van der Waals surface area contributed by atoms with Crippen LogP contribution in [0.4, 0.5) is 0 Å². The third kappa shape index (κ3) is 1.42. The van der Waals surface area contributed by atoms with Gasteiger partial charge in [-0.3, -0.25) is 14.5 Å². The third-order valence-electron chi connectivity index (χ3n) is 1.72. The van der Waals surface area contributed by atoms with Crippen LogP contribution in [0.3, 0.4) is 0 Å². The van der Waals surface area contributed by atoms with Crippen molar-refractivity contribution in [1.82, 2.24) is 4.90 Å². The van der Waals surface area contributed by atoms with E-state index in [0.717, 1.165) is 4.90 Å². The Kier molecular flexibility index (Phi) is 2.38. The maximum atomic E-state index is 11.0. The van der Waals surface area contributed by atoms with E-state index in [4.69, 9.17) is 0 Å². The summed E-state index contributed by atoms with van der Waals surface area (Å²) >= 11 is 0. The molecule has 0 spiro atoms. The van der Waals surface area contributed by atoms with Crippen LogP contribution in [0.5, 0.6) is 0 Å². The number of imide groups is 1. The minimum Gasteiger partial charge on any atom is -0.303 e. The maximum Gasteiger partial charge on any atom is 0.253 e. The summed E-state index contributed by atoms with van der Waals surface area (Å²) < 4.78 is 0. The van der Waals surface area contributed by atoms with E-state index in [2.05, 4.69) is 0 Å². The zero-order chi connectivity index (χ0) is 9.14. The summed E-state index contributed by atoms with van der Waals surface area (Å²) in [6, 6.07) is -0.336. The molecule has 0 bridgehead atoms. The van der Waals surface area contributed by atoms with Gasteiger partial charge in [-0.25, -0.2) is 0 Å². The van der Waals surface area contributed by atoms with E-state index in [-0.39, 0.29) is 24.3 Å². The van der Waals surface area contributed by atoms with E-state index < -0.39 is 0 Å². The highest BCUT2D eigenvalue weighted by atomic mass is 16.2. The fourth-order valence-electron chi connectivity index (χ4n) is 1.09. The van der Waals surface area contributed by atoms with Gasteiger partial charge in [-0.1, -0.05) is 0 Å². The molecule has 1 heterocycles. The first-order valence-electron chi connectivity index (χ1n) is 3.65. The van der Waals surface area contributed by atoms with Crippen molar-refractivity contribution in [2.75, 3.05) is 0 Å². The first-order chi connectivity index (χ1) is 5.66. The Morgan fingerprint density at radius 3 is 2.33 bits per heavy atom. The molecule has 0 aromatic rings. The number of hydrogen-bond donors (Lipinski definition) is 0. The predicted molar refractivity (Wildman–Crippen MR) is 41.1 cm³/mol. The summed E-state index contributed by atoms with van der Waals surface area (Å²) in [5.41, 5.74) is 0. The van der Waals surface area contributed by atoms with Crippen molar-refractivity contribution >= 4 is 18.1 Å². The molecule has 4 heteroatoms. The van der Waals surface area contributed by atoms with Gasteiger partial charge in [-0.15, -0.1) is 0 Å². The van der Waals surface area contributed by atoms with Crippen molar-refractivity contribution in [2.45, 2.75) is 19.4 Å². The van der Waals surface area contributed by atoms with E-state index in [1.165, 1.54) is 12.2 Å². The lowest BCUT2D eigenvalue weighted by atomic mass is 10.2. The largest absolute Gasteiger partial charge is 0.303 e. The molecular weight excluding hydrogens is 158 g/mol. The predicted octanol–water partition coefficient (Wildman–Crippen LogP) is -0.111. The van der Waals surface area contributed by atoms with Crippen LogP contribution in [0, 0.1) is 0 Å². The first-order valence-corrected chi connectivity index (χ1v) is 3.65. The van der Waals surface area contributed by atoms with Crippen molar-refractivity contribution < 1.29 is 14.4 Å². The topological polar surface area (TPSA) is 54.5 Å². The number of carbonyl (C=O) groups is 3. The molecule has 0 fully saturated rings. The number of hydrogen-bond acceptors (Lipinski definition) is 3. The van der Waals surface area contributed by atoms with Gasteiger partial charge in [-0.2, -0.15) is 0 Å². The quantitative estimate of drug-likeness (QED) is 0.435. The molecule has 2 amide bonds. The zero-order valence-corrected chi connectivity index (χ0v) is 6.69. The Morgan fingerprint density at radius 2 is 1.92 bits per heavy atom. The molecule has 0 N–H and O–H groups in total. The summed E-state index contributed by atoms with van der Waals surface area (Å²) in [5.74, 6) is -0.677. The molecule has 1 aliphatic heterocycles. The standard InChI is InChI=1S/C8H9NO3/c1-6(4-5-10)9-7(11)2-3-8(9)12/h2-3,5-6H,4H2,1H3/t6-/m1/s1. The van der Waals surface area contributed by atoms with E-state index in [1.54, 1.807) is 6.92 Å². The second-order valence-corrected chi connectivity index (χ2v) is 2.63. The minimum absolute atomic E-state index is 0.194. The van der Waals surface area contributed by atoms with Crippen LogP contribution in [0.2, 0.25) is 0 Å². The Bertz CT molecular complexity index is 239. The van der Waals surface area contributed by atoms with E-state index in [0.29, 0.717) is 6.29 Å². The molecule has 0 radical (unpaired) electrons. The highest BCUT2D eigenvalue weighted by Crippen LogP contribution is 2.10. The normalized spacial score (nSPS) is 18.6. The van der Waals surface area contributed by atoms with Crippen LogP contribution in [0.15, 0.2) is 12.2 Å². The average Bonchev–Trinajstić information content (AvgIpc) is 2.32. The highest BCUT2D eigenvalue weighted by Gasteiger charge is 2.27. The number of rotatable bonds is 3. The average molecular weight is 167 g/mol. The Labute approximate surface area is 69.8 Å². The summed E-state index contributed by atoms with van der Waals surface area (Å²) in [4.78, 5) is 33.2. The molecule has 0 aromatic heterocycles. The van der Waals surface area contributed by atoms with Gasteiger partial charge in [0.05, 0.1) is 0 Å². The molecule has 0 aromatic carbocycles. The van der Waals surface area contributed by atoms with Crippen LogP contribution in [0.1, 0.15) is 13.3 Å². The Morgan fingerprint density at radius 1 is 1.42 bits per heavy atom. The molecule has 12 heavy (non-hydrogen) atoms. The minimum atomic E-state index is -0.339. The number of amides is 2. The van der Waals surface area contributed by atoms with Gasteiger partial charge in [0.1, 0.15) is 6.29 Å². The maximum absolute atomic E-state index is 11.0. The third-order valence-corrected chi connectivity index (χ3v) is 1.72. The lowest BCUT2D eigenvalue weighted by molar-refractivity contribution is -0.139. The van der Waals surface area contributed by atoms with Gasteiger partial charge in [-0.05, 0) is 6.92 Å². The molecule has 0 saturated heterocycles. The first kappa shape index (κ1) is 8.64. The second kappa shape index (κ2) is 3.30. The fourth-order valence-corrected chi connectivity index (χ4v) is 1.09. The molecule has 1 rings (SSSR count). The van der Waals surface area contributed by atoms with Gasteiger partial charge >= 0.3 is 0 Å². The van der Waals surface area contributed by atoms with Gasteiger partial charge in [0.2, 0.25) is 0 Å². The van der Waals surface area contributed by atoms with Crippen molar-refractivity contribution in [3.05, 3.63) is 12.2 Å². The van der Waals surface area contributed by atoms with E-state index >= 15 is 0 Å². The summed E-state index contributed by atoms with van der Waals surface area (Å²) in [6.45, 7) is 1.66. The van der Waals surface area contributed by atoms with Crippen molar-refractivity contribution in [2.24, 2.45) is 0 Å². The molecule has 0 saturated carbocycles. The van der Waals surface area contributed by atoms with Crippen LogP contribution in [-0.2, 0) is 14.4 Å². The fraction of sp³-hybridized carbons (Fsp3) is 0.375. The van der Waals surface area contributed by atoms with Gasteiger partial charge in [0, 0.05) is 24.6 Å². The van der Waals surface area contributed by atoms with Crippen LogP contribution in [-0.4, -0.2) is 29.0 Å². The molecular formula is C8H9NO3. The van der Waals surface area contributed by atoms with Crippen molar-refractivity contribution in [1.29, 1.82) is 0 Å². The smallest absolute Gasteiger partial charge is 0.253 e. The lowest BCUT2D eigenvalue weighted by Crippen LogP contribution is -2.38. The SMILES string of the molecule is C[C@H](CC=O)N1C(=O)C=CC1=O. The number of carbonyl (C=O) groups excluding carboxylic acids is 3. The number of nitrogens with zero attached hydrogens (tertiary/aromatic N) is 1. The van der Waals surface area contributed by atoms with Crippen LogP contribution in [0.25, 0.3) is 0 Å². The van der Waals surface area contributed by atoms with E-state index in [1.807, 2.05) is 0 Å². The molecule has 0 unspecified atom stereocenters. The van der Waals surface area contributed by atoms with E-state index in [9.17, 15) is 14.4 Å². The monoisotopic (exact) mass is 167 g/mol. The highest BCUT2D eigenvalue weighted by molar-refractivity contribution is 6.13. The molecule has 1 atom stereocenters. The molecule has 1 aliphatic rings. The lowest BCUT2D eigenvalue weighted by Gasteiger charge is -2.19. The Hall–Kier alpha value is -1.45. The molecule has 0 aliphatic carbocycles. The van der Waals surface area contributed by atoms with Crippen LogP contribution < -0.4 is 0 Å². The summed E-state index contributed by atoms with van der Waals surface area (Å²) in [5, 5.41) is 0. The van der Waals surface area contributed by atoms with Gasteiger partial charge in [0.15, 0.2) is 0 Å². The van der Waals surface area contributed by atoms with Gasteiger partial charge < -0.3 is 4.79 Å². The van der Waals surface area contributed by atoms with Gasteiger partial charge in [0.25, 0.3) is 11.8 Å². The molecule has 4 nitrogen and oxygen atoms in total. The molecule has 64 valence electrons. The number of aldehydes is 1. The van der Waals surface area contributed by atoms with Crippen molar-refractivity contribution in [3.8, 4) is 0 Å². The van der Waals surface area contributed by atoms with Crippen LogP contribution >= 0.6 is 0 Å².